The molecule has 1 saturated heterocycles. The van der Waals surface area contributed by atoms with Gasteiger partial charge in [-0.05, 0) is 31.5 Å². The number of aromatic nitrogens is 2. The Kier molecular flexibility index (Phi) is 8.77. The fourth-order valence-electron chi connectivity index (χ4n) is 3.31. The number of anilines is 1. The Morgan fingerprint density at radius 1 is 1.17 bits per heavy atom. The van der Waals surface area contributed by atoms with Crippen LogP contribution in [0, 0.1) is 6.92 Å². The Bertz CT molecular complexity index is 849. The second kappa shape index (κ2) is 11.1. The quantitative estimate of drug-likeness (QED) is 0.704. The molecular weight excluding hydrogens is 393 g/mol. The SMILES string of the molecule is C=CCCC.Cc1c[nH]c(=O)n1CCN1CCN(c2cccc(C(F)(F)F)c2)CC1. The monoisotopic (exact) mass is 424 g/mol. The predicted octanol–water partition coefficient (Wildman–Crippen LogP) is 4.30. The molecule has 1 aromatic heterocycles. The molecule has 166 valence electrons. The van der Waals surface area contributed by atoms with Crippen molar-refractivity contribution in [2.75, 3.05) is 37.6 Å². The highest BCUT2D eigenvalue weighted by Gasteiger charge is 2.31. The molecule has 1 aromatic carbocycles. The maximum absolute atomic E-state index is 12.8. The van der Waals surface area contributed by atoms with Crippen molar-refractivity contribution in [3.63, 3.8) is 0 Å². The van der Waals surface area contributed by atoms with Crippen molar-refractivity contribution >= 4 is 5.69 Å². The van der Waals surface area contributed by atoms with Gasteiger partial charge in [0.05, 0.1) is 5.56 Å². The van der Waals surface area contributed by atoms with E-state index in [0.717, 1.165) is 37.8 Å². The number of aromatic amines is 1. The molecule has 0 radical (unpaired) electrons. The van der Waals surface area contributed by atoms with Crippen LogP contribution in [0.3, 0.4) is 0 Å². The number of rotatable bonds is 6. The normalized spacial score (nSPS) is 14.9. The Balaban J connectivity index is 0.000000575. The summed E-state index contributed by atoms with van der Waals surface area (Å²) in [6.07, 6.45) is 1.68. The van der Waals surface area contributed by atoms with Crippen molar-refractivity contribution < 1.29 is 13.2 Å². The number of piperazine rings is 1. The van der Waals surface area contributed by atoms with Crippen LogP contribution in [0.25, 0.3) is 0 Å². The van der Waals surface area contributed by atoms with Gasteiger partial charge >= 0.3 is 11.9 Å². The highest BCUT2D eigenvalue weighted by atomic mass is 19.4. The highest BCUT2D eigenvalue weighted by Crippen LogP contribution is 2.31. The maximum Gasteiger partial charge on any atom is 0.416 e. The second-order valence-electron chi connectivity index (χ2n) is 7.34. The number of nitrogens with zero attached hydrogens (tertiary/aromatic N) is 3. The van der Waals surface area contributed by atoms with Crippen LogP contribution in [0.1, 0.15) is 31.0 Å². The molecule has 0 amide bonds. The molecule has 2 heterocycles. The summed E-state index contributed by atoms with van der Waals surface area (Å²) >= 11 is 0. The lowest BCUT2D eigenvalue weighted by atomic mass is 10.1. The number of hydrogen-bond donors (Lipinski definition) is 1. The number of halogens is 3. The van der Waals surface area contributed by atoms with Gasteiger partial charge in [0.25, 0.3) is 0 Å². The Morgan fingerprint density at radius 2 is 1.87 bits per heavy atom. The third-order valence-corrected chi connectivity index (χ3v) is 5.12. The van der Waals surface area contributed by atoms with Crippen molar-refractivity contribution in [1.29, 1.82) is 0 Å². The van der Waals surface area contributed by atoms with Gasteiger partial charge in [-0.2, -0.15) is 13.2 Å². The zero-order valence-electron chi connectivity index (χ0n) is 17.7. The summed E-state index contributed by atoms with van der Waals surface area (Å²) < 4.78 is 40.2. The summed E-state index contributed by atoms with van der Waals surface area (Å²) in [6.45, 7) is 11.8. The zero-order chi connectivity index (χ0) is 22.1. The fourth-order valence-corrected chi connectivity index (χ4v) is 3.31. The molecule has 0 unspecified atom stereocenters. The lowest BCUT2D eigenvalue weighted by molar-refractivity contribution is -0.137. The Labute approximate surface area is 175 Å². The maximum atomic E-state index is 12.8. The van der Waals surface area contributed by atoms with Crippen LogP contribution in [-0.2, 0) is 12.7 Å². The Morgan fingerprint density at radius 3 is 2.37 bits per heavy atom. The molecule has 0 aliphatic carbocycles. The van der Waals surface area contributed by atoms with E-state index in [1.54, 1.807) is 16.8 Å². The average Bonchev–Trinajstić information content (AvgIpc) is 3.05. The van der Waals surface area contributed by atoms with Crippen LogP contribution in [0.15, 0.2) is 47.9 Å². The van der Waals surface area contributed by atoms with Crippen molar-refractivity contribution in [2.45, 2.75) is 39.4 Å². The predicted molar refractivity (Wildman–Crippen MR) is 115 cm³/mol. The lowest BCUT2D eigenvalue weighted by Crippen LogP contribution is -2.47. The number of imidazole rings is 1. The van der Waals surface area contributed by atoms with Crippen molar-refractivity contribution in [2.24, 2.45) is 0 Å². The summed E-state index contributed by atoms with van der Waals surface area (Å²) in [6, 6.07) is 5.47. The molecule has 1 aliphatic rings. The van der Waals surface area contributed by atoms with E-state index in [9.17, 15) is 18.0 Å². The summed E-state index contributed by atoms with van der Waals surface area (Å²) in [5, 5.41) is 0. The summed E-state index contributed by atoms with van der Waals surface area (Å²) in [5.41, 5.74) is 0.773. The number of aryl methyl sites for hydroxylation is 1. The van der Waals surface area contributed by atoms with Crippen LogP contribution in [0.2, 0.25) is 0 Å². The van der Waals surface area contributed by atoms with Crippen LogP contribution in [0.4, 0.5) is 18.9 Å². The molecule has 30 heavy (non-hydrogen) atoms. The van der Waals surface area contributed by atoms with Crippen LogP contribution < -0.4 is 10.6 Å². The van der Waals surface area contributed by atoms with Gasteiger partial charge in [-0.15, -0.1) is 6.58 Å². The van der Waals surface area contributed by atoms with Crippen molar-refractivity contribution in [1.82, 2.24) is 14.5 Å². The van der Waals surface area contributed by atoms with Gasteiger partial charge in [-0.3, -0.25) is 9.47 Å². The van der Waals surface area contributed by atoms with Crippen LogP contribution in [-0.4, -0.2) is 47.2 Å². The minimum Gasteiger partial charge on any atom is -0.369 e. The van der Waals surface area contributed by atoms with E-state index in [2.05, 4.69) is 23.4 Å². The molecule has 1 fully saturated rings. The standard InChI is InChI=1S/C17H21F3N4O.C5H10/c1-13-12-21-16(25)24(13)10-7-22-5-8-23(9-6-22)15-4-2-3-14(11-15)17(18,19)20;1-3-5-4-2/h2-4,11-12H,5-10H2,1H3,(H,21,25);3H,1,4-5H2,2H3. The van der Waals surface area contributed by atoms with Gasteiger partial charge < -0.3 is 9.88 Å². The summed E-state index contributed by atoms with van der Waals surface area (Å²) in [7, 11) is 0. The second-order valence-corrected chi connectivity index (χ2v) is 7.34. The Hall–Kier alpha value is -2.48. The number of nitrogens with one attached hydrogen (secondary N) is 1. The molecule has 1 aliphatic heterocycles. The number of hydrogen-bond acceptors (Lipinski definition) is 3. The number of benzene rings is 1. The molecule has 8 heteroatoms. The van der Waals surface area contributed by atoms with E-state index in [4.69, 9.17) is 0 Å². The number of H-pyrrole nitrogens is 1. The van der Waals surface area contributed by atoms with Gasteiger partial charge in [0, 0.05) is 56.8 Å². The molecule has 0 bridgehead atoms. The minimum absolute atomic E-state index is 0.111. The molecule has 5 nitrogen and oxygen atoms in total. The fraction of sp³-hybridized carbons (Fsp3) is 0.500. The van der Waals surface area contributed by atoms with E-state index in [0.29, 0.717) is 25.3 Å². The van der Waals surface area contributed by atoms with Crippen LogP contribution >= 0.6 is 0 Å². The molecule has 0 saturated carbocycles. The first-order valence-electron chi connectivity index (χ1n) is 10.3. The smallest absolute Gasteiger partial charge is 0.369 e. The van der Waals surface area contributed by atoms with Gasteiger partial charge in [-0.1, -0.05) is 25.5 Å². The highest BCUT2D eigenvalue weighted by molar-refractivity contribution is 5.49. The van der Waals surface area contributed by atoms with Gasteiger partial charge in [-0.25, -0.2) is 4.79 Å². The van der Waals surface area contributed by atoms with E-state index in [1.165, 1.54) is 18.6 Å². The molecule has 3 rings (SSSR count). The van der Waals surface area contributed by atoms with Gasteiger partial charge in [0.2, 0.25) is 0 Å². The zero-order valence-corrected chi connectivity index (χ0v) is 17.7. The number of alkyl halides is 3. The first kappa shape index (κ1) is 23.8. The molecular formula is C22H31F3N4O. The molecule has 0 spiro atoms. The third kappa shape index (κ3) is 6.79. The molecule has 2 aromatic rings. The van der Waals surface area contributed by atoms with E-state index in [1.807, 2.05) is 17.9 Å². The van der Waals surface area contributed by atoms with Crippen molar-refractivity contribution in [3.8, 4) is 0 Å². The van der Waals surface area contributed by atoms with Crippen LogP contribution in [0.5, 0.6) is 0 Å². The largest absolute Gasteiger partial charge is 0.416 e. The van der Waals surface area contributed by atoms with E-state index in [-0.39, 0.29) is 5.69 Å². The van der Waals surface area contributed by atoms with E-state index >= 15 is 0 Å². The molecule has 0 atom stereocenters. The van der Waals surface area contributed by atoms with Crippen molar-refractivity contribution in [3.05, 3.63) is 64.9 Å². The molecule has 1 N–H and O–H groups in total. The van der Waals surface area contributed by atoms with Gasteiger partial charge in [0.1, 0.15) is 0 Å². The summed E-state index contributed by atoms with van der Waals surface area (Å²) in [4.78, 5) is 18.5. The van der Waals surface area contributed by atoms with Gasteiger partial charge in [0.15, 0.2) is 0 Å². The van der Waals surface area contributed by atoms with E-state index < -0.39 is 11.7 Å². The first-order chi connectivity index (χ1) is 14.3. The third-order valence-electron chi connectivity index (χ3n) is 5.12. The topological polar surface area (TPSA) is 44.3 Å². The first-order valence-corrected chi connectivity index (χ1v) is 10.3. The number of allylic oxidation sites excluding steroid dienone is 1. The summed E-state index contributed by atoms with van der Waals surface area (Å²) in [5.74, 6) is 0. The average molecular weight is 425 g/mol. The number of unbranched alkanes of at least 4 members (excludes halogenated alkanes) is 1. The lowest BCUT2D eigenvalue weighted by Gasteiger charge is -2.36. The minimum atomic E-state index is -4.32.